The fourth-order valence-corrected chi connectivity index (χ4v) is 3.57. The van der Waals surface area contributed by atoms with E-state index in [1.807, 2.05) is 13.8 Å². The van der Waals surface area contributed by atoms with Crippen LogP contribution in [0.1, 0.15) is 28.4 Å². The summed E-state index contributed by atoms with van der Waals surface area (Å²) in [5.41, 5.74) is 0.566. The van der Waals surface area contributed by atoms with E-state index >= 15 is 0 Å². The van der Waals surface area contributed by atoms with Crippen LogP contribution in [0.3, 0.4) is 0 Å². The predicted molar refractivity (Wildman–Crippen MR) is 124 cm³/mol. The van der Waals surface area contributed by atoms with Crippen molar-refractivity contribution in [2.24, 2.45) is 6.98 Å². The molecule has 3 amide bonds. The number of anilines is 3. The van der Waals surface area contributed by atoms with Crippen molar-refractivity contribution in [2.45, 2.75) is 19.9 Å². The van der Waals surface area contributed by atoms with Gasteiger partial charge in [-0.3, -0.25) is 14.4 Å². The lowest BCUT2D eigenvalue weighted by Crippen LogP contribution is -2.36. The maximum absolute atomic E-state index is 12.9. The maximum atomic E-state index is 12.9. The largest absolute Gasteiger partial charge is 0.492 e. The Hall–Kier alpha value is -4.29. The fraction of sp³-hybridized carbons (Fsp3) is 0.381. The van der Waals surface area contributed by atoms with Gasteiger partial charge in [-0.15, -0.1) is 10.2 Å². The van der Waals surface area contributed by atoms with Crippen LogP contribution in [0.2, 0.25) is 0 Å². The third-order valence-electron chi connectivity index (χ3n) is 5.26. The first-order valence-electron chi connectivity index (χ1n) is 12.0. The number of hydrogen-bond donors (Lipinski definition) is 2. The monoisotopic (exact) mass is 469 g/mol. The number of nitrogens with one attached hydrogen (secondary N) is 2. The Morgan fingerprint density at radius 3 is 2.74 bits per heavy atom. The maximum Gasteiger partial charge on any atom is 0.326 e. The van der Waals surface area contributed by atoms with Gasteiger partial charge in [0.05, 0.1) is 18.4 Å². The minimum atomic E-state index is -2.49. The highest BCUT2D eigenvalue weighted by Crippen LogP contribution is 2.35. The molecular formula is C21H26N10O3. The number of aryl methyl sites for hydroxylation is 1. The number of methoxy groups -OCH3 is 1. The number of amides is 3. The molecule has 3 aromatic heterocycles. The number of ether oxygens (including phenoxy) is 1. The second-order valence-corrected chi connectivity index (χ2v) is 7.64. The van der Waals surface area contributed by atoms with E-state index in [1.54, 1.807) is 11.0 Å². The van der Waals surface area contributed by atoms with Crippen LogP contribution in [-0.2, 0) is 6.98 Å². The van der Waals surface area contributed by atoms with Crippen LogP contribution in [-0.4, -0.2) is 80.1 Å². The molecule has 0 saturated carbocycles. The number of rotatable bonds is 7. The van der Waals surface area contributed by atoms with Crippen LogP contribution in [0.15, 0.2) is 24.7 Å². The molecule has 0 bridgehead atoms. The molecule has 0 atom stereocenters. The van der Waals surface area contributed by atoms with E-state index < -0.39 is 12.9 Å². The molecule has 1 fully saturated rings. The molecule has 1 aliphatic heterocycles. The Morgan fingerprint density at radius 1 is 1.26 bits per heavy atom. The van der Waals surface area contributed by atoms with Gasteiger partial charge in [0.25, 0.3) is 5.91 Å². The highest BCUT2D eigenvalue weighted by atomic mass is 16.5. The van der Waals surface area contributed by atoms with Crippen LogP contribution < -0.4 is 20.3 Å². The molecule has 1 aliphatic rings. The summed E-state index contributed by atoms with van der Waals surface area (Å²) in [5, 5.41) is 17.8. The van der Waals surface area contributed by atoms with Crippen LogP contribution in [0.25, 0.3) is 11.4 Å². The first-order valence-corrected chi connectivity index (χ1v) is 10.5. The van der Waals surface area contributed by atoms with Crippen molar-refractivity contribution in [1.82, 2.24) is 40.2 Å². The fourth-order valence-electron chi connectivity index (χ4n) is 3.57. The third kappa shape index (κ3) is 4.19. The molecule has 3 aromatic rings. The Morgan fingerprint density at radius 2 is 2.09 bits per heavy atom. The average Bonchev–Trinajstić information content (AvgIpc) is 3.51. The Bertz CT molecular complexity index is 1330. The van der Waals surface area contributed by atoms with Gasteiger partial charge >= 0.3 is 6.03 Å². The molecule has 13 nitrogen and oxygen atoms in total. The molecule has 0 unspecified atom stereocenters. The van der Waals surface area contributed by atoms with Gasteiger partial charge in [-0.1, -0.05) is 0 Å². The minimum absolute atomic E-state index is 0.0202. The van der Waals surface area contributed by atoms with Gasteiger partial charge in [0, 0.05) is 49.5 Å². The first-order chi connectivity index (χ1) is 17.5. The summed E-state index contributed by atoms with van der Waals surface area (Å²) < 4.78 is 28.9. The summed E-state index contributed by atoms with van der Waals surface area (Å²) >= 11 is 0. The minimum Gasteiger partial charge on any atom is -0.492 e. The normalized spacial score (nSPS) is 15.2. The zero-order chi connectivity index (χ0) is 26.9. The lowest BCUT2D eigenvalue weighted by molar-refractivity contribution is 0.0958. The van der Waals surface area contributed by atoms with Gasteiger partial charge in [-0.05, 0) is 19.9 Å². The lowest BCUT2D eigenvalue weighted by Gasteiger charge is -2.21. The summed E-state index contributed by atoms with van der Waals surface area (Å²) in [6, 6.07) is 2.92. The summed E-state index contributed by atoms with van der Waals surface area (Å²) in [5.74, 6) is 0.249. The zero-order valence-corrected chi connectivity index (χ0v) is 19.1. The molecule has 0 spiro atoms. The van der Waals surface area contributed by atoms with Crippen molar-refractivity contribution < 1.29 is 18.4 Å². The standard InChI is InChI=1S/C21H26N10O3/c1-12(2)30-8-9-31(21(30)33)15-10-14(16(27-26-15)20(32)22-3)25-19-17(34-5)13(6-7-23-19)18-24-11-29(4)28-18/h6-7,10-12H,8-9H2,1-5H3,(H,22,32)(H,23,25,26)/i4D3. The topological polar surface area (TPSA) is 143 Å². The molecule has 13 heteroatoms. The van der Waals surface area contributed by atoms with Gasteiger partial charge in [0.1, 0.15) is 6.33 Å². The molecule has 34 heavy (non-hydrogen) atoms. The molecule has 178 valence electrons. The van der Waals surface area contributed by atoms with Crippen molar-refractivity contribution >= 4 is 29.3 Å². The molecular weight excluding hydrogens is 440 g/mol. The molecule has 4 heterocycles. The highest BCUT2D eigenvalue weighted by molar-refractivity contribution is 6.00. The number of urea groups is 1. The third-order valence-corrected chi connectivity index (χ3v) is 5.26. The molecule has 2 N–H and O–H groups in total. The van der Waals surface area contributed by atoms with Gasteiger partial charge < -0.3 is 20.3 Å². The second kappa shape index (κ2) is 9.29. The quantitative estimate of drug-likeness (QED) is 0.525. The summed E-state index contributed by atoms with van der Waals surface area (Å²) in [6.07, 6.45) is 2.56. The van der Waals surface area contributed by atoms with Crippen LogP contribution in [0.5, 0.6) is 5.75 Å². The number of aromatic nitrogens is 6. The van der Waals surface area contributed by atoms with E-state index in [0.29, 0.717) is 18.7 Å². The van der Waals surface area contributed by atoms with Crippen molar-refractivity contribution in [3.05, 3.63) is 30.4 Å². The molecule has 1 saturated heterocycles. The van der Waals surface area contributed by atoms with E-state index in [-0.39, 0.29) is 46.7 Å². The average molecular weight is 470 g/mol. The number of hydrogen-bond acceptors (Lipinski definition) is 9. The van der Waals surface area contributed by atoms with E-state index in [9.17, 15) is 9.59 Å². The van der Waals surface area contributed by atoms with E-state index in [1.165, 1.54) is 31.3 Å². The Balaban J connectivity index is 1.74. The number of carbonyl (C=O) groups excluding carboxylic acids is 2. The van der Waals surface area contributed by atoms with Crippen molar-refractivity contribution in [2.75, 3.05) is 37.5 Å². The predicted octanol–water partition coefficient (Wildman–Crippen LogP) is 1.43. The second-order valence-electron chi connectivity index (χ2n) is 7.64. The zero-order valence-electron chi connectivity index (χ0n) is 22.1. The first kappa shape index (κ1) is 19.2. The molecule has 4 rings (SSSR count). The van der Waals surface area contributed by atoms with Crippen LogP contribution in [0, 0.1) is 0 Å². The Kier molecular flexibility index (Phi) is 5.25. The molecule has 0 aromatic carbocycles. The van der Waals surface area contributed by atoms with Crippen LogP contribution in [0.4, 0.5) is 22.1 Å². The number of pyridine rings is 1. The van der Waals surface area contributed by atoms with Gasteiger partial charge in [0.15, 0.2) is 28.9 Å². The van der Waals surface area contributed by atoms with Gasteiger partial charge in [-0.2, -0.15) is 5.10 Å². The molecule has 0 radical (unpaired) electrons. The molecule has 0 aliphatic carbocycles. The smallest absolute Gasteiger partial charge is 0.326 e. The van der Waals surface area contributed by atoms with Crippen molar-refractivity contribution in [1.29, 1.82) is 0 Å². The van der Waals surface area contributed by atoms with Crippen molar-refractivity contribution in [3.63, 3.8) is 0 Å². The Labute approximate surface area is 200 Å². The van der Waals surface area contributed by atoms with E-state index in [4.69, 9.17) is 8.85 Å². The summed E-state index contributed by atoms with van der Waals surface area (Å²) in [7, 11) is 2.87. The number of nitrogens with zero attached hydrogens (tertiary/aromatic N) is 8. The number of carbonyl (C=O) groups is 2. The summed E-state index contributed by atoms with van der Waals surface area (Å²) in [6.45, 7) is 2.31. The van der Waals surface area contributed by atoms with E-state index in [0.717, 1.165) is 11.0 Å². The van der Waals surface area contributed by atoms with Gasteiger partial charge in [0.2, 0.25) is 0 Å². The van der Waals surface area contributed by atoms with E-state index in [2.05, 4.69) is 35.9 Å². The lowest BCUT2D eigenvalue weighted by atomic mass is 10.2. The highest BCUT2D eigenvalue weighted by Gasteiger charge is 2.33. The van der Waals surface area contributed by atoms with Crippen LogP contribution >= 0.6 is 0 Å². The van der Waals surface area contributed by atoms with Gasteiger partial charge in [-0.25, -0.2) is 14.8 Å². The SMILES string of the molecule is [2H]C([2H])([2H])n1cnc(-c2ccnc(Nc3cc(N4CCN(C(C)C)C4=O)nnc3C(=O)NC)c2OC)n1. The van der Waals surface area contributed by atoms with Crippen molar-refractivity contribution in [3.8, 4) is 17.1 Å². The summed E-state index contributed by atoms with van der Waals surface area (Å²) in [4.78, 5) is 37.0.